The summed E-state index contributed by atoms with van der Waals surface area (Å²) in [6.07, 6.45) is 4.26. The van der Waals surface area contributed by atoms with Gasteiger partial charge in [0, 0.05) is 50.1 Å². The number of nitrogens with two attached hydrogens (primary N) is 1. The quantitative estimate of drug-likeness (QED) is 0.189. The topological polar surface area (TPSA) is 114 Å². The second-order valence-electron chi connectivity index (χ2n) is 14.2. The van der Waals surface area contributed by atoms with Gasteiger partial charge in [-0.15, -0.1) is 0 Å². The van der Waals surface area contributed by atoms with Gasteiger partial charge < -0.3 is 30.3 Å². The molecule has 10 heteroatoms. The van der Waals surface area contributed by atoms with Crippen LogP contribution in [0.5, 0.6) is 11.5 Å². The van der Waals surface area contributed by atoms with Gasteiger partial charge in [-0.25, -0.2) is 0 Å². The number of benzene rings is 3. The zero-order valence-electron chi connectivity index (χ0n) is 29.9. The van der Waals surface area contributed by atoms with E-state index < -0.39 is 5.91 Å². The van der Waals surface area contributed by atoms with E-state index >= 15 is 0 Å². The van der Waals surface area contributed by atoms with Gasteiger partial charge in [0.2, 0.25) is 11.8 Å². The van der Waals surface area contributed by atoms with Gasteiger partial charge in [0.05, 0.1) is 11.1 Å². The number of carbonyl (C=O) groups excluding carboxylic acids is 3. The van der Waals surface area contributed by atoms with Crippen LogP contribution in [0, 0.1) is 20.8 Å². The second kappa shape index (κ2) is 16.3. The Morgan fingerprint density at radius 1 is 0.922 bits per heavy atom. The molecule has 2 bridgehead atoms. The van der Waals surface area contributed by atoms with E-state index in [2.05, 4.69) is 41.4 Å². The Hall–Kier alpha value is -4.34. The second-order valence-corrected chi connectivity index (χ2v) is 14.6. The zero-order chi connectivity index (χ0) is 36.1. The molecule has 2 fully saturated rings. The third-order valence-electron chi connectivity index (χ3n) is 10.2. The molecular weight excluding hydrogens is 664 g/mol. The van der Waals surface area contributed by atoms with Gasteiger partial charge in [-0.1, -0.05) is 53.6 Å². The SMILES string of the molecule is Cc1ccc(CCN(C(=O)C2=C(c3ccc(OCCOc4cc(C)c(C)cc4Cl)cc3)C[C@@H]3CN(C(=O)CCCC(N)=O)C[C@H]2N3)C2CC2)cc1. The summed E-state index contributed by atoms with van der Waals surface area (Å²) in [7, 11) is 0. The number of hydrogen-bond donors (Lipinski definition) is 2. The number of aryl methyl sites for hydroxylation is 3. The van der Waals surface area contributed by atoms with Crippen molar-refractivity contribution in [1.29, 1.82) is 0 Å². The fourth-order valence-electron chi connectivity index (χ4n) is 7.07. The van der Waals surface area contributed by atoms with Crippen molar-refractivity contribution in [3.05, 3.63) is 99.1 Å². The highest BCUT2D eigenvalue weighted by Gasteiger charge is 2.43. The molecule has 3 N–H and O–H groups in total. The number of carbonyl (C=O) groups is 3. The molecule has 3 aromatic carbocycles. The molecule has 3 aliphatic rings. The summed E-state index contributed by atoms with van der Waals surface area (Å²) in [4.78, 5) is 43.2. The third kappa shape index (κ3) is 9.32. The van der Waals surface area contributed by atoms with Crippen molar-refractivity contribution < 1.29 is 23.9 Å². The first-order valence-electron chi connectivity index (χ1n) is 18.1. The van der Waals surface area contributed by atoms with Crippen LogP contribution in [-0.4, -0.2) is 78.5 Å². The predicted molar refractivity (Wildman–Crippen MR) is 200 cm³/mol. The highest BCUT2D eigenvalue weighted by Crippen LogP contribution is 2.37. The number of fused-ring (bicyclic) bond motifs is 2. The van der Waals surface area contributed by atoms with Crippen molar-refractivity contribution >= 4 is 34.9 Å². The smallest absolute Gasteiger partial charge is 0.252 e. The largest absolute Gasteiger partial charge is 0.490 e. The van der Waals surface area contributed by atoms with Gasteiger partial charge in [-0.3, -0.25) is 14.4 Å². The summed E-state index contributed by atoms with van der Waals surface area (Å²) in [5.74, 6) is 0.983. The van der Waals surface area contributed by atoms with Crippen LogP contribution in [0.3, 0.4) is 0 Å². The van der Waals surface area contributed by atoms with E-state index in [1.54, 1.807) is 0 Å². The lowest BCUT2D eigenvalue weighted by atomic mass is 9.82. The maximum atomic E-state index is 14.7. The molecule has 3 amide bonds. The van der Waals surface area contributed by atoms with E-state index in [0.29, 0.717) is 62.2 Å². The Morgan fingerprint density at radius 3 is 2.33 bits per heavy atom. The number of amides is 3. The van der Waals surface area contributed by atoms with Crippen molar-refractivity contribution in [3.8, 4) is 11.5 Å². The van der Waals surface area contributed by atoms with Crippen LogP contribution < -0.4 is 20.5 Å². The summed E-state index contributed by atoms with van der Waals surface area (Å²) in [6.45, 7) is 8.40. The molecule has 2 atom stereocenters. The number of halogens is 1. The van der Waals surface area contributed by atoms with Crippen molar-refractivity contribution in [2.75, 3.05) is 32.8 Å². The molecule has 1 saturated carbocycles. The molecule has 2 heterocycles. The lowest BCUT2D eigenvalue weighted by Gasteiger charge is -2.45. The minimum atomic E-state index is -0.404. The molecule has 1 saturated heterocycles. The highest BCUT2D eigenvalue weighted by atomic mass is 35.5. The van der Waals surface area contributed by atoms with Gasteiger partial charge in [-0.2, -0.15) is 0 Å². The molecule has 0 radical (unpaired) electrons. The fraction of sp³-hybridized carbons (Fsp3) is 0.439. The zero-order valence-corrected chi connectivity index (χ0v) is 30.6. The van der Waals surface area contributed by atoms with Gasteiger partial charge in [0.25, 0.3) is 5.91 Å². The van der Waals surface area contributed by atoms with Crippen molar-refractivity contribution in [2.24, 2.45) is 5.73 Å². The lowest BCUT2D eigenvalue weighted by Crippen LogP contribution is -2.62. The predicted octanol–water partition coefficient (Wildman–Crippen LogP) is 5.94. The summed E-state index contributed by atoms with van der Waals surface area (Å²) in [5, 5.41) is 4.27. The molecule has 270 valence electrons. The maximum Gasteiger partial charge on any atom is 0.252 e. The van der Waals surface area contributed by atoms with E-state index in [1.165, 1.54) is 11.1 Å². The van der Waals surface area contributed by atoms with Crippen LogP contribution in [0.2, 0.25) is 5.02 Å². The normalized spacial score (nSPS) is 18.4. The van der Waals surface area contributed by atoms with E-state index in [1.807, 2.05) is 55.1 Å². The number of ether oxygens (including phenoxy) is 2. The first kappa shape index (κ1) is 36.5. The lowest BCUT2D eigenvalue weighted by molar-refractivity contribution is -0.134. The van der Waals surface area contributed by atoms with E-state index in [4.69, 9.17) is 26.8 Å². The average Bonchev–Trinajstić information content (AvgIpc) is 3.95. The van der Waals surface area contributed by atoms with Gasteiger partial charge >= 0.3 is 0 Å². The molecule has 0 unspecified atom stereocenters. The fourth-order valence-corrected chi connectivity index (χ4v) is 7.34. The highest BCUT2D eigenvalue weighted by molar-refractivity contribution is 6.32. The molecule has 9 nitrogen and oxygen atoms in total. The standard InChI is InChI=1S/C41H49ClN4O5/c1-26-7-9-29(10-8-26)17-18-46(32-13-14-32)41(49)40-34(23-31-24-45(25-36(40)44-31)39(48)6-4-5-38(43)47)30-11-15-33(16-12-30)50-19-20-51-37-22-28(3)27(2)21-35(37)42/h7-12,15-16,21-22,31-32,36,44H,4-6,13-14,17-20,23-25H2,1-3H3,(H2,43,47)/t31-,36-/m1/s1. The van der Waals surface area contributed by atoms with E-state index in [9.17, 15) is 14.4 Å². The summed E-state index contributed by atoms with van der Waals surface area (Å²) in [5.41, 5.74) is 12.7. The van der Waals surface area contributed by atoms with E-state index in [-0.39, 0.29) is 42.8 Å². The van der Waals surface area contributed by atoms with Crippen molar-refractivity contribution in [1.82, 2.24) is 15.1 Å². The molecule has 6 rings (SSSR count). The van der Waals surface area contributed by atoms with Crippen LogP contribution in [0.4, 0.5) is 0 Å². The molecular formula is C41H49ClN4O5. The summed E-state index contributed by atoms with van der Waals surface area (Å²) in [6, 6.07) is 20.2. The van der Waals surface area contributed by atoms with Crippen LogP contribution in [0.15, 0.2) is 66.2 Å². The molecule has 2 aliphatic heterocycles. The van der Waals surface area contributed by atoms with E-state index in [0.717, 1.165) is 47.1 Å². The molecule has 0 aromatic heterocycles. The Labute approximate surface area is 306 Å². The minimum Gasteiger partial charge on any atom is -0.490 e. The Bertz CT molecular complexity index is 1770. The Morgan fingerprint density at radius 2 is 1.63 bits per heavy atom. The number of rotatable bonds is 15. The number of hydrogen-bond acceptors (Lipinski definition) is 6. The summed E-state index contributed by atoms with van der Waals surface area (Å²) >= 11 is 6.37. The Kier molecular flexibility index (Phi) is 11.7. The van der Waals surface area contributed by atoms with Crippen molar-refractivity contribution in [2.45, 2.75) is 83.8 Å². The van der Waals surface area contributed by atoms with Gasteiger partial charge in [0.15, 0.2) is 0 Å². The Balaban J connectivity index is 1.20. The molecule has 51 heavy (non-hydrogen) atoms. The summed E-state index contributed by atoms with van der Waals surface area (Å²) < 4.78 is 11.9. The molecule has 0 spiro atoms. The average molecular weight is 713 g/mol. The van der Waals surface area contributed by atoms with Gasteiger partial charge in [0.1, 0.15) is 24.7 Å². The van der Waals surface area contributed by atoms with Gasteiger partial charge in [-0.05, 0) is 105 Å². The number of nitrogens with zero attached hydrogens (tertiary/aromatic N) is 2. The van der Waals surface area contributed by atoms with Crippen LogP contribution in [0.1, 0.15) is 66.3 Å². The molecule has 1 aliphatic carbocycles. The minimum absolute atomic E-state index is 0.00244. The van der Waals surface area contributed by atoms with Crippen LogP contribution in [0.25, 0.3) is 5.57 Å². The maximum absolute atomic E-state index is 14.7. The van der Waals surface area contributed by atoms with Crippen LogP contribution in [-0.2, 0) is 20.8 Å². The number of nitrogens with one attached hydrogen (secondary N) is 1. The van der Waals surface area contributed by atoms with Crippen LogP contribution >= 0.6 is 11.6 Å². The molecule has 3 aromatic rings. The third-order valence-corrected chi connectivity index (χ3v) is 10.5. The van der Waals surface area contributed by atoms with Crippen molar-refractivity contribution in [3.63, 3.8) is 0 Å². The number of primary amides is 1. The first-order valence-corrected chi connectivity index (χ1v) is 18.5. The monoisotopic (exact) mass is 712 g/mol. The number of piperazine rings is 1. The first-order chi connectivity index (χ1) is 24.5.